The summed E-state index contributed by atoms with van der Waals surface area (Å²) >= 11 is 0. The number of hydrogen-bond acceptors (Lipinski definition) is 2. The van der Waals surface area contributed by atoms with Crippen LogP contribution in [0.15, 0.2) is 4.99 Å². The highest BCUT2D eigenvalue weighted by Crippen LogP contribution is 2.19. The van der Waals surface area contributed by atoms with Gasteiger partial charge in [0.05, 0.1) is 0 Å². The van der Waals surface area contributed by atoms with E-state index in [0.717, 1.165) is 0 Å². The van der Waals surface area contributed by atoms with E-state index >= 15 is 0 Å². The fourth-order valence-corrected chi connectivity index (χ4v) is 2.40. The van der Waals surface area contributed by atoms with Crippen molar-refractivity contribution < 1.29 is 0 Å². The molecule has 2 rings (SSSR count). The molecule has 0 atom stereocenters. The van der Waals surface area contributed by atoms with E-state index in [2.05, 4.69) is 11.7 Å². The molecule has 0 spiro atoms. The van der Waals surface area contributed by atoms with Crippen LogP contribution in [0.1, 0.15) is 64.2 Å². The lowest BCUT2D eigenvalue weighted by Crippen LogP contribution is -2.22. The Morgan fingerprint density at radius 2 is 1.27 bits per heavy atom. The van der Waals surface area contributed by atoms with Gasteiger partial charge >= 0.3 is 0 Å². The quantitative estimate of drug-likeness (QED) is 0.663. The summed E-state index contributed by atoms with van der Waals surface area (Å²) in [5.41, 5.74) is 5.63. The first kappa shape index (κ1) is 12.7. The highest BCUT2D eigenvalue weighted by molar-refractivity contribution is 5.24. The summed E-state index contributed by atoms with van der Waals surface area (Å²) in [7, 11) is 0. The van der Waals surface area contributed by atoms with E-state index in [0.29, 0.717) is 12.1 Å². The van der Waals surface area contributed by atoms with E-state index < -0.39 is 0 Å². The first-order chi connectivity index (χ1) is 7.33. The number of nitrogens with two attached hydrogens (primary N) is 1. The zero-order valence-electron chi connectivity index (χ0n) is 9.96. The molecule has 0 aliphatic heterocycles. The van der Waals surface area contributed by atoms with Crippen molar-refractivity contribution in [1.29, 1.82) is 0 Å². The molecule has 2 fully saturated rings. The molecule has 0 heterocycles. The van der Waals surface area contributed by atoms with Crippen molar-refractivity contribution in [3.8, 4) is 0 Å². The smallest absolute Gasteiger partial charge is 0.0492 e. The third kappa shape index (κ3) is 5.93. The molecule has 0 radical (unpaired) electrons. The van der Waals surface area contributed by atoms with E-state index in [9.17, 15) is 0 Å². The summed E-state index contributed by atoms with van der Waals surface area (Å²) in [6.07, 6.45) is 13.4. The predicted octanol–water partition coefficient (Wildman–Crippen LogP) is 3.30. The van der Waals surface area contributed by atoms with Crippen LogP contribution in [0, 0.1) is 0 Å². The third-order valence-electron chi connectivity index (χ3n) is 3.48. The third-order valence-corrected chi connectivity index (χ3v) is 3.48. The van der Waals surface area contributed by atoms with Gasteiger partial charge in [-0.05, 0) is 32.4 Å². The number of rotatable bonds is 1. The molecule has 2 N–H and O–H groups in total. The van der Waals surface area contributed by atoms with Gasteiger partial charge in [0.15, 0.2) is 0 Å². The molecule has 0 bridgehead atoms. The molecule has 0 aromatic carbocycles. The van der Waals surface area contributed by atoms with Crippen LogP contribution < -0.4 is 5.73 Å². The second-order valence-electron chi connectivity index (χ2n) is 4.87. The van der Waals surface area contributed by atoms with Crippen LogP contribution in [0.2, 0.25) is 0 Å². The Labute approximate surface area is 94.3 Å². The van der Waals surface area contributed by atoms with Crippen LogP contribution in [0.25, 0.3) is 0 Å². The average molecular weight is 210 g/mol. The highest BCUT2D eigenvalue weighted by atomic mass is 14.7. The van der Waals surface area contributed by atoms with E-state index in [1.807, 2.05) is 0 Å². The Balaban J connectivity index is 0.000000151. The monoisotopic (exact) mass is 210 g/mol. The van der Waals surface area contributed by atoms with Crippen LogP contribution in [0.4, 0.5) is 0 Å². The van der Waals surface area contributed by atoms with Gasteiger partial charge < -0.3 is 5.73 Å². The van der Waals surface area contributed by atoms with Gasteiger partial charge in [0, 0.05) is 12.1 Å². The van der Waals surface area contributed by atoms with E-state index in [4.69, 9.17) is 5.73 Å². The van der Waals surface area contributed by atoms with Gasteiger partial charge in [-0.3, -0.25) is 4.99 Å². The summed E-state index contributed by atoms with van der Waals surface area (Å²) in [5, 5.41) is 0. The van der Waals surface area contributed by atoms with Crippen LogP contribution >= 0.6 is 0 Å². The Bertz CT molecular complexity index is 156. The summed E-state index contributed by atoms with van der Waals surface area (Å²) in [4.78, 5) is 4.00. The zero-order chi connectivity index (χ0) is 10.9. The van der Waals surface area contributed by atoms with E-state index in [1.165, 1.54) is 64.2 Å². The molecule has 88 valence electrons. The lowest BCUT2D eigenvalue weighted by molar-refractivity contribution is 0.441. The van der Waals surface area contributed by atoms with Crippen LogP contribution in [0.3, 0.4) is 0 Å². The van der Waals surface area contributed by atoms with Crippen molar-refractivity contribution in [3.63, 3.8) is 0 Å². The van der Waals surface area contributed by atoms with Gasteiger partial charge in [-0.25, -0.2) is 0 Å². The topological polar surface area (TPSA) is 38.4 Å². The first-order valence-electron chi connectivity index (χ1n) is 6.54. The first-order valence-corrected chi connectivity index (χ1v) is 6.54. The minimum absolute atomic E-state index is 0.536. The minimum Gasteiger partial charge on any atom is -0.328 e. The maximum absolute atomic E-state index is 5.63. The molecule has 0 unspecified atom stereocenters. The summed E-state index contributed by atoms with van der Waals surface area (Å²) in [6.45, 7) is 3.53. The highest BCUT2D eigenvalue weighted by Gasteiger charge is 2.09. The van der Waals surface area contributed by atoms with Gasteiger partial charge in [0.25, 0.3) is 0 Å². The van der Waals surface area contributed by atoms with E-state index in [-0.39, 0.29) is 0 Å². The number of aliphatic imine (C=N–C) groups is 1. The molecule has 2 aliphatic carbocycles. The summed E-state index contributed by atoms with van der Waals surface area (Å²) in [6, 6.07) is 1.14. The number of nitrogens with zero attached hydrogens (tertiary/aromatic N) is 1. The molecule has 15 heavy (non-hydrogen) atoms. The SMILES string of the molecule is C=NC1CCCCC1.NC1CCCCC1. The fourth-order valence-electron chi connectivity index (χ4n) is 2.40. The van der Waals surface area contributed by atoms with Crippen LogP contribution in [-0.2, 0) is 0 Å². The molecule has 0 aromatic rings. The fraction of sp³-hybridized carbons (Fsp3) is 0.923. The van der Waals surface area contributed by atoms with Gasteiger partial charge in [-0.15, -0.1) is 0 Å². The Morgan fingerprint density at radius 1 is 0.800 bits per heavy atom. The van der Waals surface area contributed by atoms with Gasteiger partial charge in [0.2, 0.25) is 0 Å². The minimum atomic E-state index is 0.536. The normalized spacial score (nSPS) is 24.1. The Hall–Kier alpha value is -0.370. The summed E-state index contributed by atoms with van der Waals surface area (Å²) < 4.78 is 0. The van der Waals surface area contributed by atoms with Crippen molar-refractivity contribution in [3.05, 3.63) is 0 Å². The maximum Gasteiger partial charge on any atom is 0.0492 e. The van der Waals surface area contributed by atoms with Crippen LogP contribution in [0.5, 0.6) is 0 Å². The van der Waals surface area contributed by atoms with Gasteiger partial charge in [-0.2, -0.15) is 0 Å². The summed E-state index contributed by atoms with van der Waals surface area (Å²) in [5.74, 6) is 0. The molecule has 2 nitrogen and oxygen atoms in total. The second-order valence-corrected chi connectivity index (χ2v) is 4.87. The second kappa shape index (κ2) is 7.86. The molecule has 2 aliphatic rings. The van der Waals surface area contributed by atoms with Gasteiger partial charge in [0.1, 0.15) is 0 Å². The maximum atomic E-state index is 5.63. The molecule has 0 saturated heterocycles. The molecular formula is C13H26N2. The van der Waals surface area contributed by atoms with Gasteiger partial charge in [-0.1, -0.05) is 38.5 Å². The van der Waals surface area contributed by atoms with Crippen molar-refractivity contribution in [1.82, 2.24) is 0 Å². The van der Waals surface area contributed by atoms with Crippen molar-refractivity contribution in [2.45, 2.75) is 76.3 Å². The van der Waals surface area contributed by atoms with Crippen molar-refractivity contribution in [2.75, 3.05) is 0 Å². The molecule has 0 aromatic heterocycles. The molecule has 0 amide bonds. The largest absolute Gasteiger partial charge is 0.328 e. The van der Waals surface area contributed by atoms with E-state index in [1.54, 1.807) is 0 Å². The number of hydrogen-bond donors (Lipinski definition) is 1. The van der Waals surface area contributed by atoms with Crippen molar-refractivity contribution >= 4 is 6.72 Å². The Morgan fingerprint density at radius 3 is 1.53 bits per heavy atom. The lowest BCUT2D eigenvalue weighted by Gasteiger charge is -2.15. The van der Waals surface area contributed by atoms with Crippen LogP contribution in [-0.4, -0.2) is 18.8 Å². The predicted molar refractivity (Wildman–Crippen MR) is 67.5 cm³/mol. The zero-order valence-corrected chi connectivity index (χ0v) is 9.96. The molecular weight excluding hydrogens is 184 g/mol. The standard InChI is InChI=1S/C7H13N.C6H13N/c1-8-7-5-3-2-4-6-7;7-6-4-2-1-3-5-6/h7H,1-6H2;6H,1-5,7H2. The molecule has 2 saturated carbocycles. The van der Waals surface area contributed by atoms with Crippen molar-refractivity contribution in [2.24, 2.45) is 10.7 Å². The molecule has 2 heteroatoms. The lowest BCUT2D eigenvalue weighted by atomic mass is 9.96. The Kier molecular flexibility index (Phi) is 6.66. The average Bonchev–Trinajstić information content (AvgIpc) is 2.32.